The fourth-order valence-electron chi connectivity index (χ4n) is 2.30. The second kappa shape index (κ2) is 7.46. The van der Waals surface area contributed by atoms with Crippen LogP contribution in [0, 0.1) is 0 Å². The van der Waals surface area contributed by atoms with Crippen molar-refractivity contribution in [3.8, 4) is 0 Å². The van der Waals surface area contributed by atoms with E-state index in [0.717, 1.165) is 19.6 Å². The monoisotopic (exact) mass is 281 g/mol. The maximum atomic E-state index is 11.9. The molecule has 1 fully saturated rings. The van der Waals surface area contributed by atoms with Gasteiger partial charge in [-0.2, -0.15) is 0 Å². The summed E-state index contributed by atoms with van der Waals surface area (Å²) in [6.45, 7) is 3.91. The van der Waals surface area contributed by atoms with Crippen molar-refractivity contribution in [1.82, 2.24) is 15.2 Å². The standard InChI is InChI=1S/C14H20ClN3O/c15-13-6-5-12(11-17-13)14(19)16-7-10-18-8-3-1-2-4-9-18/h5-6,11H,1-4,7-10H2,(H,16,19). The van der Waals surface area contributed by atoms with Crippen molar-refractivity contribution >= 4 is 17.5 Å². The first-order valence-corrected chi connectivity index (χ1v) is 7.25. The van der Waals surface area contributed by atoms with Crippen LogP contribution in [0.5, 0.6) is 0 Å². The van der Waals surface area contributed by atoms with Gasteiger partial charge in [0.2, 0.25) is 0 Å². The summed E-state index contributed by atoms with van der Waals surface area (Å²) in [6.07, 6.45) is 6.71. The number of nitrogens with one attached hydrogen (secondary N) is 1. The third kappa shape index (κ3) is 4.80. The van der Waals surface area contributed by atoms with Gasteiger partial charge >= 0.3 is 0 Å². The van der Waals surface area contributed by atoms with Crippen LogP contribution in [0.2, 0.25) is 5.15 Å². The number of likely N-dealkylation sites (tertiary alicyclic amines) is 1. The smallest absolute Gasteiger partial charge is 0.252 e. The summed E-state index contributed by atoms with van der Waals surface area (Å²) < 4.78 is 0. The number of nitrogens with zero attached hydrogens (tertiary/aromatic N) is 2. The Morgan fingerprint density at radius 1 is 1.26 bits per heavy atom. The lowest BCUT2D eigenvalue weighted by atomic mass is 10.2. The third-order valence-electron chi connectivity index (χ3n) is 3.40. The summed E-state index contributed by atoms with van der Waals surface area (Å²) in [5, 5.41) is 3.33. The van der Waals surface area contributed by atoms with Gasteiger partial charge < -0.3 is 10.2 Å². The zero-order valence-electron chi connectivity index (χ0n) is 11.1. The number of halogens is 1. The predicted octanol–water partition coefficient (Wildman–Crippen LogP) is 2.34. The quantitative estimate of drug-likeness (QED) is 0.862. The molecule has 0 spiro atoms. The molecule has 104 valence electrons. The second-order valence-electron chi connectivity index (χ2n) is 4.88. The molecule has 1 saturated heterocycles. The van der Waals surface area contributed by atoms with E-state index in [1.807, 2.05) is 0 Å². The Kier molecular flexibility index (Phi) is 5.61. The molecule has 1 aliphatic heterocycles. The normalized spacial score (nSPS) is 16.9. The van der Waals surface area contributed by atoms with E-state index in [2.05, 4.69) is 15.2 Å². The predicted molar refractivity (Wildman–Crippen MR) is 76.5 cm³/mol. The number of rotatable bonds is 4. The number of aromatic nitrogens is 1. The Morgan fingerprint density at radius 2 is 2.00 bits per heavy atom. The molecule has 2 heterocycles. The zero-order chi connectivity index (χ0) is 13.5. The van der Waals surface area contributed by atoms with Crippen molar-refractivity contribution in [2.24, 2.45) is 0 Å². The van der Waals surface area contributed by atoms with Gasteiger partial charge in [-0.3, -0.25) is 4.79 Å². The molecule has 0 atom stereocenters. The third-order valence-corrected chi connectivity index (χ3v) is 3.63. The fourth-order valence-corrected chi connectivity index (χ4v) is 2.41. The molecule has 1 amide bonds. The van der Waals surface area contributed by atoms with Crippen molar-refractivity contribution in [2.75, 3.05) is 26.2 Å². The van der Waals surface area contributed by atoms with Crippen LogP contribution in [0.1, 0.15) is 36.0 Å². The molecule has 19 heavy (non-hydrogen) atoms. The molecule has 1 N–H and O–H groups in total. The first kappa shape index (κ1) is 14.3. The SMILES string of the molecule is O=C(NCCN1CCCCCC1)c1ccc(Cl)nc1. The maximum absolute atomic E-state index is 11.9. The van der Waals surface area contributed by atoms with Gasteiger partial charge in [-0.1, -0.05) is 24.4 Å². The van der Waals surface area contributed by atoms with Crippen LogP contribution in [-0.2, 0) is 0 Å². The molecule has 5 heteroatoms. The number of carbonyl (C=O) groups is 1. The molecule has 0 unspecified atom stereocenters. The molecule has 1 aromatic rings. The topological polar surface area (TPSA) is 45.2 Å². The first-order valence-electron chi connectivity index (χ1n) is 6.88. The number of hydrogen-bond acceptors (Lipinski definition) is 3. The van der Waals surface area contributed by atoms with Gasteiger partial charge in [0.15, 0.2) is 0 Å². The number of pyridine rings is 1. The van der Waals surface area contributed by atoms with Gasteiger partial charge in [-0.05, 0) is 38.1 Å². The molecule has 0 saturated carbocycles. The minimum absolute atomic E-state index is 0.0843. The average molecular weight is 282 g/mol. The van der Waals surface area contributed by atoms with Gasteiger partial charge in [0.05, 0.1) is 5.56 Å². The van der Waals surface area contributed by atoms with Crippen molar-refractivity contribution in [3.63, 3.8) is 0 Å². The van der Waals surface area contributed by atoms with Crippen molar-refractivity contribution in [3.05, 3.63) is 29.0 Å². The molecule has 1 aliphatic rings. The molecular formula is C14H20ClN3O. The van der Waals surface area contributed by atoms with Crippen LogP contribution in [-0.4, -0.2) is 42.0 Å². The van der Waals surface area contributed by atoms with Crippen molar-refractivity contribution < 1.29 is 4.79 Å². The average Bonchev–Trinajstić information content (AvgIpc) is 2.68. The van der Waals surface area contributed by atoms with Crippen molar-refractivity contribution in [2.45, 2.75) is 25.7 Å². The van der Waals surface area contributed by atoms with Crippen LogP contribution in [0.15, 0.2) is 18.3 Å². The highest BCUT2D eigenvalue weighted by atomic mass is 35.5. The van der Waals surface area contributed by atoms with E-state index in [1.165, 1.54) is 31.9 Å². The summed E-state index contributed by atoms with van der Waals surface area (Å²) in [5.74, 6) is -0.0843. The van der Waals surface area contributed by atoms with Crippen LogP contribution in [0.4, 0.5) is 0 Å². The Morgan fingerprint density at radius 3 is 2.63 bits per heavy atom. The summed E-state index contributed by atoms with van der Waals surface area (Å²) >= 11 is 5.69. The van der Waals surface area contributed by atoms with Gasteiger partial charge in [-0.25, -0.2) is 4.98 Å². The van der Waals surface area contributed by atoms with Gasteiger partial charge in [0.1, 0.15) is 5.15 Å². The lowest BCUT2D eigenvalue weighted by Gasteiger charge is -2.19. The molecular weight excluding hydrogens is 262 g/mol. The summed E-state index contributed by atoms with van der Waals surface area (Å²) in [7, 11) is 0. The number of carbonyl (C=O) groups excluding carboxylic acids is 1. The van der Waals surface area contributed by atoms with E-state index >= 15 is 0 Å². The Balaban J connectivity index is 1.72. The van der Waals surface area contributed by atoms with E-state index in [9.17, 15) is 4.79 Å². The molecule has 0 aliphatic carbocycles. The van der Waals surface area contributed by atoms with Crippen LogP contribution in [0.25, 0.3) is 0 Å². The summed E-state index contributed by atoms with van der Waals surface area (Å²) in [4.78, 5) is 18.2. The first-order chi connectivity index (χ1) is 9.25. The molecule has 0 bridgehead atoms. The van der Waals surface area contributed by atoms with E-state index in [1.54, 1.807) is 12.1 Å². The Bertz CT molecular complexity index is 400. The van der Waals surface area contributed by atoms with E-state index < -0.39 is 0 Å². The summed E-state index contributed by atoms with van der Waals surface area (Å²) in [5.41, 5.74) is 0.556. The van der Waals surface area contributed by atoms with Gasteiger partial charge in [0, 0.05) is 19.3 Å². The number of amides is 1. The second-order valence-corrected chi connectivity index (χ2v) is 5.27. The zero-order valence-corrected chi connectivity index (χ0v) is 11.8. The van der Waals surface area contributed by atoms with E-state index in [-0.39, 0.29) is 5.91 Å². The highest BCUT2D eigenvalue weighted by Gasteiger charge is 2.10. The largest absolute Gasteiger partial charge is 0.351 e. The highest BCUT2D eigenvalue weighted by molar-refractivity contribution is 6.29. The van der Waals surface area contributed by atoms with Gasteiger partial charge in [-0.15, -0.1) is 0 Å². The van der Waals surface area contributed by atoms with Crippen LogP contribution in [0.3, 0.4) is 0 Å². The lowest BCUT2D eigenvalue weighted by molar-refractivity contribution is 0.0948. The van der Waals surface area contributed by atoms with Crippen LogP contribution < -0.4 is 5.32 Å². The minimum atomic E-state index is -0.0843. The maximum Gasteiger partial charge on any atom is 0.252 e. The highest BCUT2D eigenvalue weighted by Crippen LogP contribution is 2.09. The lowest BCUT2D eigenvalue weighted by Crippen LogP contribution is -2.35. The van der Waals surface area contributed by atoms with E-state index in [4.69, 9.17) is 11.6 Å². The molecule has 1 aromatic heterocycles. The Labute approximate surface area is 119 Å². The Hall–Kier alpha value is -1.13. The molecule has 2 rings (SSSR count). The minimum Gasteiger partial charge on any atom is -0.351 e. The summed E-state index contributed by atoms with van der Waals surface area (Å²) in [6, 6.07) is 3.32. The molecule has 4 nitrogen and oxygen atoms in total. The van der Waals surface area contributed by atoms with Crippen molar-refractivity contribution in [1.29, 1.82) is 0 Å². The number of hydrogen-bond donors (Lipinski definition) is 1. The molecule has 0 radical (unpaired) electrons. The van der Waals surface area contributed by atoms with Gasteiger partial charge in [0.25, 0.3) is 5.91 Å². The van der Waals surface area contributed by atoms with Crippen LogP contribution >= 0.6 is 11.6 Å². The fraction of sp³-hybridized carbons (Fsp3) is 0.571. The molecule has 0 aromatic carbocycles. The van der Waals surface area contributed by atoms with E-state index in [0.29, 0.717) is 17.3 Å².